The van der Waals surface area contributed by atoms with Crippen LogP contribution in [0.4, 0.5) is 0 Å². The van der Waals surface area contributed by atoms with Crippen molar-refractivity contribution in [3.8, 4) is 11.5 Å². The number of rotatable bonds is 12. The molecule has 0 atom stereocenters. The van der Waals surface area contributed by atoms with Crippen LogP contribution >= 0.6 is 0 Å². The Morgan fingerprint density at radius 3 is 1.58 bits per heavy atom. The van der Waals surface area contributed by atoms with Gasteiger partial charge in [0, 0.05) is 5.92 Å². The molecule has 4 heteroatoms. The molecular formula is C22H30O4. The van der Waals surface area contributed by atoms with Crippen molar-refractivity contribution in [3.63, 3.8) is 0 Å². The molecule has 2 aromatic rings. The summed E-state index contributed by atoms with van der Waals surface area (Å²) in [5.74, 6) is 1.89. The molecule has 0 fully saturated rings. The summed E-state index contributed by atoms with van der Waals surface area (Å²) in [6.07, 6.45) is 4.72. The van der Waals surface area contributed by atoms with Crippen LogP contribution in [0.3, 0.4) is 0 Å². The number of benzene rings is 2. The molecular weight excluding hydrogens is 328 g/mol. The Bertz CT molecular complexity index is 556. The van der Waals surface area contributed by atoms with Crippen molar-refractivity contribution in [1.29, 1.82) is 0 Å². The fourth-order valence-electron chi connectivity index (χ4n) is 3.04. The highest BCUT2D eigenvalue weighted by Gasteiger charge is 2.14. The van der Waals surface area contributed by atoms with Crippen LogP contribution in [0, 0.1) is 0 Å². The maximum atomic E-state index is 8.87. The number of aliphatic hydroxyl groups excluding tert-OH is 2. The Morgan fingerprint density at radius 1 is 0.731 bits per heavy atom. The number of hydrogen-bond donors (Lipinski definition) is 2. The first-order valence-corrected chi connectivity index (χ1v) is 9.45. The van der Waals surface area contributed by atoms with Crippen LogP contribution in [-0.2, 0) is 0 Å². The summed E-state index contributed by atoms with van der Waals surface area (Å²) in [5.41, 5.74) is 2.53. The van der Waals surface area contributed by atoms with Crippen molar-refractivity contribution in [2.75, 3.05) is 26.4 Å². The van der Waals surface area contributed by atoms with Gasteiger partial charge in [0.15, 0.2) is 0 Å². The molecule has 0 saturated carbocycles. The van der Waals surface area contributed by atoms with Gasteiger partial charge in [0.25, 0.3) is 0 Å². The number of hydrogen-bond acceptors (Lipinski definition) is 4. The molecule has 0 aliphatic carbocycles. The van der Waals surface area contributed by atoms with Crippen LogP contribution < -0.4 is 9.47 Å². The van der Waals surface area contributed by atoms with E-state index in [1.54, 1.807) is 0 Å². The second-order valence-electron chi connectivity index (χ2n) is 6.33. The van der Waals surface area contributed by atoms with Gasteiger partial charge < -0.3 is 19.7 Å². The van der Waals surface area contributed by atoms with Crippen molar-refractivity contribution in [2.45, 2.75) is 38.5 Å². The molecule has 4 nitrogen and oxygen atoms in total. The van der Waals surface area contributed by atoms with Gasteiger partial charge >= 0.3 is 0 Å². The molecule has 0 amide bonds. The Hall–Kier alpha value is -2.04. The van der Waals surface area contributed by atoms with E-state index in [9.17, 15) is 0 Å². The summed E-state index contributed by atoms with van der Waals surface area (Å²) in [7, 11) is 0. The zero-order valence-electron chi connectivity index (χ0n) is 15.6. The van der Waals surface area contributed by atoms with E-state index in [4.69, 9.17) is 19.7 Å². The van der Waals surface area contributed by atoms with E-state index >= 15 is 0 Å². The minimum Gasteiger partial charge on any atom is -0.491 e. The Balaban J connectivity index is 2.14. The lowest BCUT2D eigenvalue weighted by atomic mass is 9.87. The van der Waals surface area contributed by atoms with E-state index in [0.717, 1.165) is 17.9 Å². The predicted molar refractivity (Wildman–Crippen MR) is 104 cm³/mol. The molecule has 0 unspecified atom stereocenters. The first kappa shape index (κ1) is 20.3. The number of unbranched alkanes of at least 4 members (excludes halogenated alkanes) is 2. The predicted octanol–water partition coefficient (Wildman–Crippen LogP) is 4.14. The lowest BCUT2D eigenvalue weighted by molar-refractivity contribution is 0.201. The second-order valence-corrected chi connectivity index (χ2v) is 6.33. The van der Waals surface area contributed by atoms with E-state index in [0.29, 0.717) is 19.1 Å². The van der Waals surface area contributed by atoms with E-state index in [-0.39, 0.29) is 13.2 Å². The van der Waals surface area contributed by atoms with E-state index in [2.05, 4.69) is 31.2 Å². The van der Waals surface area contributed by atoms with Crippen molar-refractivity contribution in [3.05, 3.63) is 59.7 Å². The topological polar surface area (TPSA) is 58.9 Å². The molecule has 26 heavy (non-hydrogen) atoms. The SMILES string of the molecule is CCCCCC(c1ccc(OCCO)cc1)c1ccc(OCCO)cc1. The highest BCUT2D eigenvalue weighted by atomic mass is 16.5. The lowest BCUT2D eigenvalue weighted by Crippen LogP contribution is -2.04. The quantitative estimate of drug-likeness (QED) is 0.560. The van der Waals surface area contributed by atoms with Crippen molar-refractivity contribution >= 4 is 0 Å². The van der Waals surface area contributed by atoms with Gasteiger partial charge in [-0.3, -0.25) is 0 Å². The minimum absolute atomic E-state index is 0.0199. The van der Waals surface area contributed by atoms with Gasteiger partial charge in [0.05, 0.1) is 13.2 Å². The molecule has 0 radical (unpaired) electrons. The van der Waals surface area contributed by atoms with Gasteiger partial charge in [-0.15, -0.1) is 0 Å². The zero-order valence-corrected chi connectivity index (χ0v) is 15.6. The molecule has 0 bridgehead atoms. The van der Waals surface area contributed by atoms with E-state index in [1.807, 2.05) is 24.3 Å². The van der Waals surface area contributed by atoms with Crippen LogP contribution in [-0.4, -0.2) is 36.6 Å². The maximum absolute atomic E-state index is 8.87. The fourth-order valence-corrected chi connectivity index (χ4v) is 3.04. The van der Waals surface area contributed by atoms with Gasteiger partial charge in [-0.25, -0.2) is 0 Å². The van der Waals surface area contributed by atoms with Crippen molar-refractivity contribution in [2.24, 2.45) is 0 Å². The molecule has 2 aromatic carbocycles. The first-order valence-electron chi connectivity index (χ1n) is 9.45. The average Bonchev–Trinajstić information content (AvgIpc) is 2.69. The fraction of sp³-hybridized carbons (Fsp3) is 0.455. The summed E-state index contributed by atoms with van der Waals surface area (Å²) in [6.45, 7) is 2.89. The molecule has 2 rings (SSSR count). The average molecular weight is 358 g/mol. The van der Waals surface area contributed by atoms with E-state index in [1.165, 1.54) is 30.4 Å². The number of ether oxygens (including phenoxy) is 2. The highest BCUT2D eigenvalue weighted by Crippen LogP contribution is 2.32. The van der Waals surface area contributed by atoms with Gasteiger partial charge in [-0.1, -0.05) is 50.5 Å². The summed E-state index contributed by atoms with van der Waals surface area (Å²) in [4.78, 5) is 0. The lowest BCUT2D eigenvalue weighted by Gasteiger charge is -2.19. The van der Waals surface area contributed by atoms with Crippen molar-refractivity contribution in [1.82, 2.24) is 0 Å². The zero-order chi connectivity index (χ0) is 18.6. The van der Waals surface area contributed by atoms with Crippen LogP contribution in [0.5, 0.6) is 11.5 Å². The molecule has 0 spiro atoms. The highest BCUT2D eigenvalue weighted by molar-refractivity contribution is 5.38. The standard InChI is InChI=1S/C22H30O4/c1-2-3-4-5-22(18-6-10-20(11-7-18)25-16-14-23)19-8-12-21(13-9-19)26-17-15-24/h6-13,22-24H,2-5,14-17H2,1H3. The Labute approximate surface area is 156 Å². The van der Waals surface area contributed by atoms with Gasteiger partial charge in [-0.05, 0) is 41.8 Å². The van der Waals surface area contributed by atoms with Crippen LogP contribution in [0.1, 0.15) is 49.7 Å². The third-order valence-electron chi connectivity index (χ3n) is 4.38. The molecule has 0 heterocycles. The second kappa shape index (κ2) is 11.6. The largest absolute Gasteiger partial charge is 0.491 e. The van der Waals surface area contributed by atoms with Crippen LogP contribution in [0.25, 0.3) is 0 Å². The van der Waals surface area contributed by atoms with Gasteiger partial charge in [0.2, 0.25) is 0 Å². The molecule has 0 saturated heterocycles. The van der Waals surface area contributed by atoms with Gasteiger partial charge in [0.1, 0.15) is 24.7 Å². The normalized spacial score (nSPS) is 10.9. The summed E-state index contributed by atoms with van der Waals surface area (Å²) in [6, 6.07) is 16.3. The summed E-state index contributed by atoms with van der Waals surface area (Å²) in [5, 5.41) is 17.7. The van der Waals surface area contributed by atoms with Crippen LogP contribution in [0.15, 0.2) is 48.5 Å². The maximum Gasteiger partial charge on any atom is 0.119 e. The third-order valence-corrected chi connectivity index (χ3v) is 4.38. The third kappa shape index (κ3) is 6.36. The first-order chi connectivity index (χ1) is 12.8. The van der Waals surface area contributed by atoms with E-state index < -0.39 is 0 Å². The minimum atomic E-state index is 0.0199. The van der Waals surface area contributed by atoms with Crippen LogP contribution in [0.2, 0.25) is 0 Å². The summed E-state index contributed by atoms with van der Waals surface area (Å²) < 4.78 is 10.9. The van der Waals surface area contributed by atoms with Gasteiger partial charge in [-0.2, -0.15) is 0 Å². The number of aliphatic hydroxyl groups is 2. The summed E-state index contributed by atoms with van der Waals surface area (Å²) >= 11 is 0. The monoisotopic (exact) mass is 358 g/mol. The smallest absolute Gasteiger partial charge is 0.119 e. The molecule has 0 aliphatic rings. The Kier molecular flexibility index (Phi) is 9.01. The Morgan fingerprint density at radius 2 is 1.19 bits per heavy atom. The molecule has 0 aromatic heterocycles. The molecule has 142 valence electrons. The molecule has 2 N–H and O–H groups in total. The molecule has 0 aliphatic heterocycles. The van der Waals surface area contributed by atoms with Crippen molar-refractivity contribution < 1.29 is 19.7 Å².